The number of benzene rings is 2. The summed E-state index contributed by atoms with van der Waals surface area (Å²) in [4.78, 5) is 20.1. The minimum Gasteiger partial charge on any atom is -0.491 e. The summed E-state index contributed by atoms with van der Waals surface area (Å²) in [7, 11) is 0.852. The van der Waals surface area contributed by atoms with Crippen molar-refractivity contribution >= 4 is 32.4 Å². The highest BCUT2D eigenvalue weighted by Gasteiger charge is 2.32. The van der Waals surface area contributed by atoms with E-state index >= 15 is 0 Å². The number of pyridine rings is 1. The van der Waals surface area contributed by atoms with Gasteiger partial charge in [0, 0.05) is 42.4 Å². The zero-order chi connectivity index (χ0) is 22.6. The Bertz CT molecular complexity index is 1390. The van der Waals surface area contributed by atoms with Crippen LogP contribution in [0, 0.1) is 0 Å². The molecular weight excluding hydrogens is 428 g/mol. The van der Waals surface area contributed by atoms with Gasteiger partial charge in [-0.3, -0.25) is 4.79 Å². The van der Waals surface area contributed by atoms with E-state index in [4.69, 9.17) is 15.2 Å². The maximum absolute atomic E-state index is 13.4. The summed E-state index contributed by atoms with van der Waals surface area (Å²) in [6.07, 6.45) is 1.60. The first kappa shape index (κ1) is 20.7. The number of hydrogen-bond acceptors (Lipinski definition) is 7. The number of nitrogens with zero attached hydrogens (tertiary/aromatic N) is 3. The topological polar surface area (TPSA) is 107 Å². The molecule has 8 nitrogen and oxygen atoms in total. The third-order valence-electron chi connectivity index (χ3n) is 6.29. The molecule has 0 aliphatic carbocycles. The standard InChI is InChI=1S/C23H24N4O4S/c1-25-32(3,29)14-5-6-15-20(12-31-21(15)9-14)27(2)23(28)13-4-7-19-16(8-13)17-10-30-11-18(17)22(24)26-19/h4-9,20H,10-12H2,1-3H3,(H2,24,26)/t20-,32-/m1/s1. The van der Waals surface area contributed by atoms with Crippen LogP contribution in [0.3, 0.4) is 0 Å². The van der Waals surface area contributed by atoms with Crippen LogP contribution in [-0.4, -0.2) is 47.0 Å². The lowest BCUT2D eigenvalue weighted by Gasteiger charge is -2.24. The second kappa shape index (κ2) is 7.46. The van der Waals surface area contributed by atoms with Crippen molar-refractivity contribution in [3.05, 3.63) is 58.7 Å². The molecule has 0 unspecified atom stereocenters. The molecule has 1 aromatic heterocycles. The zero-order valence-electron chi connectivity index (χ0n) is 18.1. The van der Waals surface area contributed by atoms with Gasteiger partial charge in [-0.25, -0.2) is 13.6 Å². The molecule has 166 valence electrons. The number of aromatic nitrogens is 1. The van der Waals surface area contributed by atoms with E-state index in [0.29, 0.717) is 41.8 Å². The van der Waals surface area contributed by atoms with Crippen LogP contribution in [0.2, 0.25) is 0 Å². The van der Waals surface area contributed by atoms with Crippen molar-refractivity contribution in [3.63, 3.8) is 0 Å². The van der Waals surface area contributed by atoms with Crippen LogP contribution in [0.4, 0.5) is 5.82 Å². The number of carbonyl (C=O) groups is 1. The smallest absolute Gasteiger partial charge is 0.254 e. The average molecular weight is 453 g/mol. The van der Waals surface area contributed by atoms with Gasteiger partial charge >= 0.3 is 0 Å². The molecular formula is C23H24N4O4S. The number of hydrogen-bond donors (Lipinski definition) is 1. The Morgan fingerprint density at radius 3 is 2.78 bits per heavy atom. The monoisotopic (exact) mass is 452 g/mol. The van der Waals surface area contributed by atoms with Crippen LogP contribution in [0.1, 0.15) is 33.1 Å². The molecule has 3 heterocycles. The van der Waals surface area contributed by atoms with Crippen molar-refractivity contribution in [3.8, 4) is 5.75 Å². The minimum atomic E-state index is -2.46. The number of anilines is 1. The molecule has 2 aliphatic heterocycles. The Morgan fingerprint density at radius 2 is 2.00 bits per heavy atom. The lowest BCUT2D eigenvalue weighted by Crippen LogP contribution is -2.32. The summed E-state index contributed by atoms with van der Waals surface area (Å²) in [5.74, 6) is 0.996. The maximum Gasteiger partial charge on any atom is 0.254 e. The summed E-state index contributed by atoms with van der Waals surface area (Å²) >= 11 is 0. The van der Waals surface area contributed by atoms with E-state index in [1.165, 1.54) is 0 Å². The van der Waals surface area contributed by atoms with E-state index in [1.54, 1.807) is 43.5 Å². The van der Waals surface area contributed by atoms with E-state index in [-0.39, 0.29) is 11.9 Å². The van der Waals surface area contributed by atoms with E-state index in [0.717, 1.165) is 27.6 Å². The first-order chi connectivity index (χ1) is 15.3. The van der Waals surface area contributed by atoms with E-state index in [2.05, 4.69) is 9.35 Å². The van der Waals surface area contributed by atoms with Gasteiger partial charge < -0.3 is 20.1 Å². The fourth-order valence-electron chi connectivity index (χ4n) is 4.28. The fourth-order valence-corrected chi connectivity index (χ4v) is 5.14. The molecule has 9 heteroatoms. The molecule has 0 bridgehead atoms. The Balaban J connectivity index is 1.47. The van der Waals surface area contributed by atoms with Crippen LogP contribution in [0.5, 0.6) is 5.75 Å². The third kappa shape index (κ3) is 3.20. The molecule has 0 saturated heterocycles. The molecule has 0 fully saturated rings. The third-order valence-corrected chi connectivity index (χ3v) is 8.12. The molecule has 3 aromatic rings. The molecule has 0 radical (unpaired) electrons. The summed E-state index contributed by atoms with van der Waals surface area (Å²) in [5.41, 5.74) is 10.1. The van der Waals surface area contributed by atoms with Crippen LogP contribution in [-0.2, 0) is 27.7 Å². The fraction of sp³-hybridized carbons (Fsp3) is 0.304. The van der Waals surface area contributed by atoms with Gasteiger partial charge in [0.15, 0.2) is 0 Å². The minimum absolute atomic E-state index is 0.121. The molecule has 2 atom stereocenters. The van der Waals surface area contributed by atoms with Crippen LogP contribution < -0.4 is 10.5 Å². The first-order valence-electron chi connectivity index (χ1n) is 10.2. The Morgan fingerprint density at radius 1 is 1.22 bits per heavy atom. The van der Waals surface area contributed by atoms with Gasteiger partial charge in [-0.05, 0) is 35.9 Å². The van der Waals surface area contributed by atoms with E-state index in [1.807, 2.05) is 18.2 Å². The normalized spacial score (nSPS) is 18.5. The molecule has 2 aliphatic rings. The summed E-state index contributed by atoms with van der Waals surface area (Å²) in [6.45, 7) is 1.24. The van der Waals surface area contributed by atoms with E-state index in [9.17, 15) is 9.00 Å². The highest BCUT2D eigenvalue weighted by Crippen LogP contribution is 2.38. The van der Waals surface area contributed by atoms with Gasteiger partial charge in [0.05, 0.1) is 39.4 Å². The van der Waals surface area contributed by atoms with Crippen molar-refractivity contribution in [1.82, 2.24) is 9.88 Å². The number of fused-ring (bicyclic) bond motifs is 4. The predicted molar refractivity (Wildman–Crippen MR) is 122 cm³/mol. The largest absolute Gasteiger partial charge is 0.491 e. The summed E-state index contributed by atoms with van der Waals surface area (Å²) < 4.78 is 27.9. The number of ether oxygens (including phenoxy) is 2. The number of nitrogen functional groups attached to an aromatic ring is 1. The van der Waals surface area contributed by atoms with Crippen LogP contribution in [0.25, 0.3) is 10.9 Å². The lowest BCUT2D eigenvalue weighted by atomic mass is 10.0. The average Bonchev–Trinajstić information content (AvgIpc) is 3.45. The molecule has 0 spiro atoms. The number of rotatable bonds is 3. The molecule has 32 heavy (non-hydrogen) atoms. The zero-order valence-corrected chi connectivity index (χ0v) is 18.9. The lowest BCUT2D eigenvalue weighted by molar-refractivity contribution is 0.0708. The molecule has 2 N–H and O–H groups in total. The number of amides is 1. The highest BCUT2D eigenvalue weighted by molar-refractivity contribution is 7.93. The van der Waals surface area contributed by atoms with Crippen molar-refractivity contribution in [2.75, 3.05) is 32.7 Å². The molecule has 5 rings (SSSR count). The van der Waals surface area contributed by atoms with Gasteiger partial charge in [0.25, 0.3) is 5.91 Å². The van der Waals surface area contributed by atoms with Crippen molar-refractivity contribution in [2.45, 2.75) is 24.2 Å². The SMILES string of the molecule is CN=[S@](C)(=O)c1ccc2c(c1)OC[C@H]2N(C)C(=O)c1ccc2nc(N)c3c(c2c1)COC3. The summed E-state index contributed by atoms with van der Waals surface area (Å²) in [6, 6.07) is 10.6. The second-order valence-electron chi connectivity index (χ2n) is 8.11. The number of carbonyl (C=O) groups excluding carboxylic acids is 1. The van der Waals surface area contributed by atoms with Gasteiger partial charge in [0.2, 0.25) is 0 Å². The van der Waals surface area contributed by atoms with Crippen LogP contribution >= 0.6 is 0 Å². The second-order valence-corrected chi connectivity index (χ2v) is 10.5. The number of likely N-dealkylation sites (N-methyl/N-ethyl adjacent to an activating group) is 1. The molecule has 0 saturated carbocycles. The molecule has 1 amide bonds. The predicted octanol–water partition coefficient (Wildman–Crippen LogP) is 3.14. The van der Waals surface area contributed by atoms with Gasteiger partial charge in [-0.15, -0.1) is 0 Å². The Kier molecular flexibility index (Phi) is 4.83. The van der Waals surface area contributed by atoms with Crippen molar-refractivity contribution < 1.29 is 18.5 Å². The van der Waals surface area contributed by atoms with Gasteiger partial charge in [-0.1, -0.05) is 6.07 Å². The van der Waals surface area contributed by atoms with Crippen LogP contribution in [0.15, 0.2) is 45.7 Å². The van der Waals surface area contributed by atoms with E-state index < -0.39 is 9.73 Å². The summed E-state index contributed by atoms with van der Waals surface area (Å²) in [5, 5.41) is 0.889. The van der Waals surface area contributed by atoms with Crippen molar-refractivity contribution in [1.29, 1.82) is 0 Å². The van der Waals surface area contributed by atoms with Gasteiger partial charge in [0.1, 0.15) is 18.2 Å². The van der Waals surface area contributed by atoms with Gasteiger partial charge in [-0.2, -0.15) is 0 Å². The number of nitrogens with two attached hydrogens (primary N) is 1. The first-order valence-corrected chi connectivity index (χ1v) is 12.2. The highest BCUT2D eigenvalue weighted by atomic mass is 32.2. The maximum atomic E-state index is 13.4. The Hall–Kier alpha value is -3.17. The van der Waals surface area contributed by atoms with Crippen molar-refractivity contribution in [2.24, 2.45) is 4.36 Å². The molecule has 2 aromatic carbocycles. The Labute approximate surface area is 186 Å². The quantitative estimate of drug-likeness (QED) is 0.654.